The number of carbonyl (C=O) groups is 3. The van der Waals surface area contributed by atoms with Crippen LogP contribution in [0.15, 0.2) is 11.6 Å². The van der Waals surface area contributed by atoms with Crippen molar-refractivity contribution in [2.75, 3.05) is 13.2 Å². The lowest BCUT2D eigenvalue weighted by molar-refractivity contribution is -0.171. The number of ketones is 1. The van der Waals surface area contributed by atoms with Gasteiger partial charge in [-0.15, -0.1) is 0 Å². The lowest BCUT2D eigenvalue weighted by Gasteiger charge is -2.28. The van der Waals surface area contributed by atoms with Crippen LogP contribution in [0.25, 0.3) is 0 Å². The van der Waals surface area contributed by atoms with Crippen molar-refractivity contribution in [2.24, 2.45) is 11.3 Å². The van der Waals surface area contributed by atoms with Crippen LogP contribution in [-0.4, -0.2) is 45.1 Å². The van der Waals surface area contributed by atoms with Crippen LogP contribution >= 0.6 is 0 Å². The summed E-state index contributed by atoms with van der Waals surface area (Å²) in [7, 11) is -1.43. The molecule has 2 aliphatic carbocycles. The normalized spacial score (nSPS) is 26.0. The molecule has 25 heavy (non-hydrogen) atoms. The molecule has 0 aliphatic heterocycles. The average Bonchev–Trinajstić information content (AvgIpc) is 3.00. The Bertz CT molecular complexity index is 624. The van der Waals surface area contributed by atoms with Gasteiger partial charge >= 0.3 is 11.9 Å². The second kappa shape index (κ2) is 7.02. The van der Waals surface area contributed by atoms with E-state index in [9.17, 15) is 18.6 Å². The quantitative estimate of drug-likeness (QED) is 0.543. The summed E-state index contributed by atoms with van der Waals surface area (Å²) in [5.41, 5.74) is -0.738. The molecule has 0 bridgehead atoms. The van der Waals surface area contributed by atoms with E-state index < -0.39 is 38.2 Å². The van der Waals surface area contributed by atoms with Crippen LogP contribution in [0.3, 0.4) is 0 Å². The molecule has 1 fully saturated rings. The van der Waals surface area contributed by atoms with E-state index in [0.29, 0.717) is 5.57 Å². The second-order valence-electron chi connectivity index (χ2n) is 7.46. The predicted molar refractivity (Wildman–Crippen MR) is 93.2 cm³/mol. The molecule has 2 aliphatic rings. The molecular formula is C18H26O6S. The molecule has 0 radical (unpaired) electrons. The lowest BCUT2D eigenvalue weighted by atomic mass is 9.84. The molecule has 140 valence electrons. The minimum absolute atomic E-state index is 0.0961. The molecule has 0 saturated heterocycles. The zero-order chi connectivity index (χ0) is 19.0. The molecule has 2 rings (SSSR count). The first-order chi connectivity index (χ1) is 11.6. The third-order valence-corrected chi connectivity index (χ3v) is 6.92. The molecule has 6 nitrogen and oxygen atoms in total. The van der Waals surface area contributed by atoms with Crippen molar-refractivity contribution >= 4 is 28.5 Å². The number of hydrogen-bond acceptors (Lipinski definition) is 6. The molecule has 0 aromatic carbocycles. The fraction of sp³-hybridized carbons (Fsp3) is 0.722. The smallest absolute Gasteiger partial charge is 0.323 e. The third-order valence-electron chi connectivity index (χ3n) is 4.69. The lowest BCUT2D eigenvalue weighted by Crippen LogP contribution is -2.43. The van der Waals surface area contributed by atoms with Gasteiger partial charge in [-0.1, -0.05) is 5.57 Å². The summed E-state index contributed by atoms with van der Waals surface area (Å²) < 4.78 is 22.5. The van der Waals surface area contributed by atoms with E-state index in [-0.39, 0.29) is 37.8 Å². The van der Waals surface area contributed by atoms with Gasteiger partial charge in [0.1, 0.15) is 5.25 Å². The highest BCUT2D eigenvalue weighted by Gasteiger charge is 2.60. The van der Waals surface area contributed by atoms with Crippen LogP contribution in [0.5, 0.6) is 0 Å². The van der Waals surface area contributed by atoms with Crippen molar-refractivity contribution in [3.63, 3.8) is 0 Å². The molecule has 0 heterocycles. The van der Waals surface area contributed by atoms with E-state index >= 15 is 0 Å². The average molecular weight is 370 g/mol. The molecule has 0 unspecified atom stereocenters. The molecule has 3 atom stereocenters. The number of esters is 2. The van der Waals surface area contributed by atoms with E-state index in [0.717, 1.165) is 0 Å². The number of ether oxygens (including phenoxy) is 2. The minimum atomic E-state index is -1.44. The van der Waals surface area contributed by atoms with Crippen molar-refractivity contribution < 1.29 is 28.1 Å². The standard InChI is InChI=1S/C18H26O6S/c1-6-23-15(20)18(16(21)24-7-2)9-11-8-13(19)14(12(11)10-18)25(22)17(3,4)5/h8,12,14H,6-7,9-10H2,1-5H3/t12-,14+,25-/m0/s1. The Labute approximate surface area is 150 Å². The van der Waals surface area contributed by atoms with Crippen molar-refractivity contribution in [1.82, 2.24) is 0 Å². The number of fused-ring (bicyclic) bond motifs is 1. The Hall–Kier alpha value is -1.50. The molecule has 0 aromatic heterocycles. The van der Waals surface area contributed by atoms with E-state index in [1.165, 1.54) is 6.08 Å². The molecular weight excluding hydrogens is 344 g/mol. The Morgan fingerprint density at radius 2 is 1.72 bits per heavy atom. The fourth-order valence-corrected chi connectivity index (χ4v) is 5.16. The van der Waals surface area contributed by atoms with Crippen LogP contribution in [-0.2, 0) is 34.7 Å². The summed E-state index contributed by atoms with van der Waals surface area (Å²) in [5.74, 6) is -1.83. The second-order valence-corrected chi connectivity index (χ2v) is 9.79. The highest BCUT2D eigenvalue weighted by atomic mass is 32.2. The van der Waals surface area contributed by atoms with Gasteiger partial charge in [0, 0.05) is 21.5 Å². The highest BCUT2D eigenvalue weighted by molar-refractivity contribution is 7.87. The van der Waals surface area contributed by atoms with Gasteiger partial charge in [-0.3, -0.25) is 18.6 Å². The van der Waals surface area contributed by atoms with E-state index in [1.54, 1.807) is 13.8 Å². The van der Waals surface area contributed by atoms with Crippen LogP contribution in [0.2, 0.25) is 0 Å². The van der Waals surface area contributed by atoms with Crippen molar-refractivity contribution in [1.29, 1.82) is 0 Å². The summed E-state index contributed by atoms with van der Waals surface area (Å²) in [6, 6.07) is 0. The van der Waals surface area contributed by atoms with Gasteiger partial charge in [0.15, 0.2) is 11.2 Å². The Morgan fingerprint density at radius 3 is 2.16 bits per heavy atom. The van der Waals surface area contributed by atoms with E-state index in [4.69, 9.17) is 9.47 Å². The van der Waals surface area contributed by atoms with Crippen molar-refractivity contribution in [3.8, 4) is 0 Å². The van der Waals surface area contributed by atoms with Gasteiger partial charge in [0.2, 0.25) is 0 Å². The minimum Gasteiger partial charge on any atom is -0.465 e. The zero-order valence-corrected chi connectivity index (χ0v) is 16.2. The highest BCUT2D eigenvalue weighted by Crippen LogP contribution is 2.52. The molecule has 0 spiro atoms. The number of carbonyl (C=O) groups excluding carboxylic acids is 3. The summed E-state index contributed by atoms with van der Waals surface area (Å²) in [6.07, 6.45) is 1.66. The first-order valence-electron chi connectivity index (χ1n) is 8.58. The van der Waals surface area contributed by atoms with Crippen molar-refractivity contribution in [2.45, 2.75) is 57.5 Å². The van der Waals surface area contributed by atoms with Crippen molar-refractivity contribution in [3.05, 3.63) is 11.6 Å². The Kier molecular flexibility index (Phi) is 5.56. The maximum absolute atomic E-state index is 12.8. The topological polar surface area (TPSA) is 86.7 Å². The first-order valence-corrected chi connectivity index (χ1v) is 9.79. The van der Waals surface area contributed by atoms with Crippen LogP contribution in [0.4, 0.5) is 0 Å². The van der Waals surface area contributed by atoms with Crippen LogP contribution in [0.1, 0.15) is 47.5 Å². The van der Waals surface area contributed by atoms with Gasteiger partial charge in [-0.05, 0) is 53.5 Å². The maximum atomic E-state index is 12.8. The molecule has 1 saturated carbocycles. The fourth-order valence-electron chi connectivity index (χ4n) is 3.55. The summed E-state index contributed by atoms with van der Waals surface area (Å²) in [4.78, 5) is 37.5. The van der Waals surface area contributed by atoms with Gasteiger partial charge in [-0.2, -0.15) is 0 Å². The Balaban J connectivity index is 2.39. The molecule has 0 aromatic rings. The maximum Gasteiger partial charge on any atom is 0.323 e. The van der Waals surface area contributed by atoms with Gasteiger partial charge in [-0.25, -0.2) is 0 Å². The summed E-state index contributed by atoms with van der Waals surface area (Å²) >= 11 is 0. The van der Waals surface area contributed by atoms with E-state index in [1.807, 2.05) is 20.8 Å². The molecule has 7 heteroatoms. The Morgan fingerprint density at radius 1 is 1.20 bits per heavy atom. The number of rotatable bonds is 5. The predicted octanol–water partition coefficient (Wildman–Crippen LogP) is 1.93. The van der Waals surface area contributed by atoms with Crippen LogP contribution < -0.4 is 0 Å². The largest absolute Gasteiger partial charge is 0.465 e. The summed E-state index contributed by atoms with van der Waals surface area (Å²) in [5, 5.41) is -0.722. The number of allylic oxidation sites excluding steroid dienone is 2. The van der Waals surface area contributed by atoms with E-state index in [2.05, 4.69) is 0 Å². The van der Waals surface area contributed by atoms with Crippen LogP contribution in [0, 0.1) is 11.3 Å². The van der Waals surface area contributed by atoms with Gasteiger partial charge < -0.3 is 9.47 Å². The molecule has 0 N–H and O–H groups in total. The summed E-state index contributed by atoms with van der Waals surface area (Å²) in [6.45, 7) is 9.09. The number of hydrogen-bond donors (Lipinski definition) is 0. The van der Waals surface area contributed by atoms with Gasteiger partial charge in [0.05, 0.1) is 13.2 Å². The zero-order valence-electron chi connectivity index (χ0n) is 15.4. The van der Waals surface area contributed by atoms with Gasteiger partial charge in [0.25, 0.3) is 0 Å². The monoisotopic (exact) mass is 370 g/mol. The SMILES string of the molecule is CCOC(=O)C1(C(=O)OCC)CC2=CC(=O)[C@H]([S@](=O)C(C)(C)C)[C@H]2C1. The third kappa shape index (κ3) is 3.43. The molecule has 0 amide bonds. The first kappa shape index (κ1) is 19.8.